The highest BCUT2D eigenvalue weighted by molar-refractivity contribution is 7.99. The van der Waals surface area contributed by atoms with Crippen molar-refractivity contribution in [3.8, 4) is 5.75 Å². The number of rotatable bonds is 13. The SMILES string of the molecule is COc1ccc2c(c1)SCC(C)(c1ccc(F)cc1)C2CCCCCCCCCOS(C)(=O)=O. The van der Waals surface area contributed by atoms with Gasteiger partial charge in [0.15, 0.2) is 0 Å². The predicted octanol–water partition coefficient (Wildman–Crippen LogP) is 7.08. The Balaban J connectivity index is 1.56. The summed E-state index contributed by atoms with van der Waals surface area (Å²) in [6.07, 6.45) is 9.71. The lowest BCUT2D eigenvalue weighted by Gasteiger charge is -2.43. The van der Waals surface area contributed by atoms with Crippen LogP contribution in [0.4, 0.5) is 4.39 Å². The van der Waals surface area contributed by atoms with Crippen molar-refractivity contribution in [3.05, 3.63) is 59.4 Å². The van der Waals surface area contributed by atoms with E-state index in [0.717, 1.165) is 56.3 Å². The molecule has 0 aliphatic carbocycles. The number of fused-ring (bicyclic) bond motifs is 1. The fraction of sp³-hybridized carbons (Fsp3) is 0.556. The third-order valence-corrected chi connectivity index (χ3v) is 8.83. The molecule has 0 aromatic heterocycles. The van der Waals surface area contributed by atoms with Crippen molar-refractivity contribution in [1.29, 1.82) is 0 Å². The summed E-state index contributed by atoms with van der Waals surface area (Å²) in [4.78, 5) is 1.29. The Morgan fingerprint density at radius 3 is 2.29 bits per heavy atom. The first-order valence-corrected chi connectivity index (χ1v) is 14.9. The van der Waals surface area contributed by atoms with Crippen LogP contribution in [0.5, 0.6) is 5.75 Å². The molecule has 0 fully saturated rings. The van der Waals surface area contributed by atoms with Gasteiger partial charge in [0, 0.05) is 16.1 Å². The zero-order chi connectivity index (χ0) is 24.6. The molecular weight excluding hydrogens is 471 g/mol. The van der Waals surface area contributed by atoms with Gasteiger partial charge in [-0.2, -0.15) is 8.42 Å². The Morgan fingerprint density at radius 1 is 1.00 bits per heavy atom. The molecule has 1 aliphatic rings. The first-order chi connectivity index (χ1) is 16.2. The molecule has 4 nitrogen and oxygen atoms in total. The molecule has 188 valence electrons. The Labute approximate surface area is 208 Å². The number of thioether (sulfide) groups is 1. The number of halogens is 1. The van der Waals surface area contributed by atoms with E-state index in [9.17, 15) is 12.8 Å². The summed E-state index contributed by atoms with van der Waals surface area (Å²) in [7, 11) is -1.62. The van der Waals surface area contributed by atoms with E-state index in [1.807, 2.05) is 23.9 Å². The van der Waals surface area contributed by atoms with Crippen LogP contribution in [0.3, 0.4) is 0 Å². The summed E-state index contributed by atoms with van der Waals surface area (Å²) in [5.41, 5.74) is 2.51. The summed E-state index contributed by atoms with van der Waals surface area (Å²) < 4.78 is 45.8. The van der Waals surface area contributed by atoms with Crippen LogP contribution >= 0.6 is 11.8 Å². The monoisotopic (exact) mass is 508 g/mol. The summed E-state index contributed by atoms with van der Waals surface area (Å²) >= 11 is 1.86. The average molecular weight is 509 g/mol. The number of benzene rings is 2. The summed E-state index contributed by atoms with van der Waals surface area (Å²) in [6.45, 7) is 2.61. The topological polar surface area (TPSA) is 52.6 Å². The van der Waals surface area contributed by atoms with Crippen LogP contribution in [0.25, 0.3) is 0 Å². The Morgan fingerprint density at radius 2 is 1.65 bits per heavy atom. The predicted molar refractivity (Wildman–Crippen MR) is 138 cm³/mol. The molecule has 0 bridgehead atoms. The van der Waals surface area contributed by atoms with Gasteiger partial charge in [-0.05, 0) is 54.2 Å². The van der Waals surface area contributed by atoms with E-state index in [4.69, 9.17) is 8.92 Å². The minimum atomic E-state index is -3.32. The molecule has 0 amide bonds. The molecule has 2 aromatic carbocycles. The number of hydrogen-bond donors (Lipinski definition) is 0. The van der Waals surface area contributed by atoms with Gasteiger partial charge in [0.1, 0.15) is 11.6 Å². The van der Waals surface area contributed by atoms with Crippen molar-refractivity contribution >= 4 is 21.9 Å². The van der Waals surface area contributed by atoms with E-state index in [1.165, 1.54) is 28.9 Å². The first-order valence-electron chi connectivity index (χ1n) is 12.1. The van der Waals surface area contributed by atoms with Crippen molar-refractivity contribution in [2.24, 2.45) is 0 Å². The molecule has 2 unspecified atom stereocenters. The van der Waals surface area contributed by atoms with Gasteiger partial charge in [-0.1, -0.05) is 63.6 Å². The molecule has 34 heavy (non-hydrogen) atoms. The quantitative estimate of drug-likeness (QED) is 0.214. The van der Waals surface area contributed by atoms with Crippen LogP contribution in [-0.4, -0.2) is 34.1 Å². The second-order valence-electron chi connectivity index (χ2n) is 9.46. The van der Waals surface area contributed by atoms with Crippen molar-refractivity contribution in [1.82, 2.24) is 0 Å². The minimum absolute atomic E-state index is 0.0560. The molecule has 0 spiro atoms. The van der Waals surface area contributed by atoms with Gasteiger partial charge in [-0.15, -0.1) is 11.8 Å². The van der Waals surface area contributed by atoms with Gasteiger partial charge in [0.05, 0.1) is 20.0 Å². The maximum atomic E-state index is 13.6. The smallest absolute Gasteiger partial charge is 0.264 e. The molecule has 2 aromatic rings. The Bertz CT molecular complexity index is 1020. The highest BCUT2D eigenvalue weighted by Crippen LogP contribution is 2.52. The number of ether oxygens (including phenoxy) is 1. The molecule has 7 heteroatoms. The third-order valence-electron chi connectivity index (χ3n) is 6.83. The van der Waals surface area contributed by atoms with Crippen LogP contribution in [0, 0.1) is 5.82 Å². The van der Waals surface area contributed by atoms with Crippen LogP contribution in [0.1, 0.15) is 75.3 Å². The molecule has 0 saturated heterocycles. The highest BCUT2D eigenvalue weighted by atomic mass is 32.2. The maximum absolute atomic E-state index is 13.6. The third kappa shape index (κ3) is 7.46. The molecular formula is C27H37FO4S2. The van der Waals surface area contributed by atoms with Crippen LogP contribution in [-0.2, 0) is 19.7 Å². The zero-order valence-electron chi connectivity index (χ0n) is 20.5. The lowest BCUT2D eigenvalue weighted by atomic mass is 9.68. The second kappa shape index (κ2) is 12.4. The number of hydrogen-bond acceptors (Lipinski definition) is 5. The molecule has 1 aliphatic heterocycles. The van der Waals surface area contributed by atoms with Gasteiger partial charge in [-0.3, -0.25) is 4.18 Å². The molecule has 1 heterocycles. The van der Waals surface area contributed by atoms with Crippen molar-refractivity contribution < 1.29 is 21.7 Å². The number of methoxy groups -OCH3 is 1. The summed E-state index contributed by atoms with van der Waals surface area (Å²) in [5.74, 6) is 2.02. The van der Waals surface area contributed by atoms with Gasteiger partial charge < -0.3 is 4.74 Å². The fourth-order valence-electron chi connectivity index (χ4n) is 4.86. The largest absolute Gasteiger partial charge is 0.497 e. The number of unbranched alkanes of at least 4 members (excludes halogenated alkanes) is 6. The summed E-state index contributed by atoms with van der Waals surface area (Å²) in [6, 6.07) is 13.5. The van der Waals surface area contributed by atoms with Gasteiger partial charge in [0.2, 0.25) is 0 Å². The summed E-state index contributed by atoms with van der Waals surface area (Å²) in [5, 5.41) is 0. The van der Waals surface area contributed by atoms with Gasteiger partial charge in [-0.25, -0.2) is 4.39 Å². The van der Waals surface area contributed by atoms with Gasteiger partial charge in [0.25, 0.3) is 10.1 Å². The van der Waals surface area contributed by atoms with E-state index < -0.39 is 10.1 Å². The van der Waals surface area contributed by atoms with Crippen molar-refractivity contribution in [3.63, 3.8) is 0 Å². The lowest BCUT2D eigenvalue weighted by Crippen LogP contribution is -2.36. The van der Waals surface area contributed by atoms with E-state index in [1.54, 1.807) is 19.2 Å². The molecule has 2 atom stereocenters. The van der Waals surface area contributed by atoms with Crippen molar-refractivity contribution in [2.75, 3.05) is 25.7 Å². The van der Waals surface area contributed by atoms with E-state index >= 15 is 0 Å². The highest BCUT2D eigenvalue weighted by Gasteiger charge is 2.41. The van der Waals surface area contributed by atoms with E-state index in [2.05, 4.69) is 25.1 Å². The van der Waals surface area contributed by atoms with Crippen LogP contribution in [0.15, 0.2) is 47.4 Å². The molecule has 0 saturated carbocycles. The van der Waals surface area contributed by atoms with Crippen LogP contribution < -0.4 is 4.74 Å². The normalized spacial score (nSPS) is 20.2. The minimum Gasteiger partial charge on any atom is -0.497 e. The standard InChI is InChI=1S/C27H37FO4S2/c1-27(21-12-14-22(28)15-13-21)20-33-26-19-23(31-2)16-17-24(26)25(27)11-9-7-5-4-6-8-10-18-32-34(3,29)30/h12-17,19,25H,4-11,18,20H2,1-3H3. The van der Waals surface area contributed by atoms with Crippen LogP contribution in [0.2, 0.25) is 0 Å². The zero-order valence-corrected chi connectivity index (χ0v) is 22.2. The second-order valence-corrected chi connectivity index (χ2v) is 12.1. The van der Waals surface area contributed by atoms with E-state index in [0.29, 0.717) is 5.92 Å². The first kappa shape index (κ1) is 27.0. The Kier molecular flexibility index (Phi) is 9.86. The van der Waals surface area contributed by atoms with Crippen molar-refractivity contribution in [2.45, 2.75) is 74.5 Å². The van der Waals surface area contributed by atoms with E-state index in [-0.39, 0.29) is 17.8 Å². The molecule has 3 rings (SSSR count). The molecule has 0 radical (unpaired) electrons. The van der Waals surface area contributed by atoms with Gasteiger partial charge >= 0.3 is 0 Å². The maximum Gasteiger partial charge on any atom is 0.264 e. The lowest BCUT2D eigenvalue weighted by molar-refractivity contribution is 0.309. The molecule has 0 N–H and O–H groups in total. The average Bonchev–Trinajstić information content (AvgIpc) is 2.80. The Hall–Kier alpha value is -1.57. The fourth-order valence-corrected chi connectivity index (χ4v) is 6.68.